The summed E-state index contributed by atoms with van der Waals surface area (Å²) in [6.07, 6.45) is 1.47. The number of carbonyl (C=O) groups excluding carboxylic acids is 1. The fourth-order valence-electron chi connectivity index (χ4n) is 4.50. The third-order valence-electron chi connectivity index (χ3n) is 6.72. The minimum atomic E-state index is -0.920. The zero-order chi connectivity index (χ0) is 27.5. The minimum absolute atomic E-state index is 0.0370. The maximum atomic E-state index is 13.5. The van der Waals surface area contributed by atoms with E-state index in [1.807, 2.05) is 54.9 Å². The third kappa shape index (κ3) is 5.98. The summed E-state index contributed by atoms with van der Waals surface area (Å²) in [5.74, 6) is 0.793. The quantitative estimate of drug-likeness (QED) is 0.237. The summed E-state index contributed by atoms with van der Waals surface area (Å²) in [7, 11) is 0. The van der Waals surface area contributed by atoms with Crippen LogP contribution in [0.2, 0.25) is 0 Å². The lowest BCUT2D eigenvalue weighted by Gasteiger charge is -2.38. The molecule has 0 saturated carbocycles. The Morgan fingerprint density at radius 2 is 1.92 bits per heavy atom. The van der Waals surface area contributed by atoms with Crippen LogP contribution in [0.3, 0.4) is 0 Å². The second-order valence-electron chi connectivity index (χ2n) is 9.52. The van der Waals surface area contributed by atoms with E-state index in [1.165, 1.54) is 28.8 Å². The van der Waals surface area contributed by atoms with Gasteiger partial charge >= 0.3 is 6.09 Å². The monoisotopic (exact) mass is 548 g/mol. The topological polar surface area (TPSA) is 112 Å². The van der Waals surface area contributed by atoms with Gasteiger partial charge in [-0.25, -0.2) is 19.2 Å². The van der Waals surface area contributed by atoms with Crippen LogP contribution in [-0.4, -0.2) is 55.7 Å². The van der Waals surface area contributed by atoms with Crippen LogP contribution in [0.1, 0.15) is 30.5 Å². The van der Waals surface area contributed by atoms with Crippen molar-refractivity contribution in [1.29, 1.82) is 0 Å². The maximum Gasteiger partial charge on any atom is 0.407 e. The van der Waals surface area contributed by atoms with Gasteiger partial charge in [-0.1, -0.05) is 36.9 Å². The summed E-state index contributed by atoms with van der Waals surface area (Å²) in [4.78, 5) is 35.2. The molecule has 0 spiro atoms. The number of aryl methyl sites for hydroxylation is 1. The highest BCUT2D eigenvalue weighted by molar-refractivity contribution is 7.98. The first kappa shape index (κ1) is 26.5. The number of halogens is 1. The number of thioether (sulfide) groups is 1. The molecule has 2 aromatic rings. The zero-order valence-electron chi connectivity index (χ0n) is 21.6. The number of anilines is 2. The number of hydrogen-bond acceptors (Lipinski definition) is 6. The Labute approximate surface area is 229 Å². The highest BCUT2D eigenvalue weighted by Gasteiger charge is 2.30. The molecule has 5 rings (SSSR count). The predicted molar refractivity (Wildman–Crippen MR) is 149 cm³/mol. The van der Waals surface area contributed by atoms with Crippen LogP contribution in [0, 0.1) is 12.7 Å². The van der Waals surface area contributed by atoms with Crippen molar-refractivity contribution in [2.24, 2.45) is 0 Å². The average molecular weight is 549 g/mol. The van der Waals surface area contributed by atoms with Crippen molar-refractivity contribution >= 4 is 35.1 Å². The molecule has 3 N–H and O–H groups in total. The summed E-state index contributed by atoms with van der Waals surface area (Å²) in [5, 5.41) is 16.0. The molecule has 1 unspecified atom stereocenters. The van der Waals surface area contributed by atoms with E-state index in [0.717, 1.165) is 16.8 Å². The van der Waals surface area contributed by atoms with Crippen LogP contribution in [0.25, 0.3) is 11.5 Å². The van der Waals surface area contributed by atoms with Crippen molar-refractivity contribution < 1.29 is 19.1 Å². The Morgan fingerprint density at radius 1 is 1.15 bits per heavy atom. The van der Waals surface area contributed by atoms with E-state index in [9.17, 15) is 14.0 Å². The SMILES string of the molecule is CCC(C(=O)Nc1cc(NC2CN(C(=O)O)C2)ccc1C)n1cccc2nc(SCc3ccc(F)cc3)nc1-2. The van der Waals surface area contributed by atoms with Crippen molar-refractivity contribution in [2.75, 3.05) is 23.7 Å². The molecule has 2 aromatic carbocycles. The van der Waals surface area contributed by atoms with Crippen LogP contribution in [0.4, 0.5) is 20.6 Å². The number of amides is 2. The molecule has 3 heterocycles. The lowest BCUT2D eigenvalue weighted by Crippen LogP contribution is -2.56. The van der Waals surface area contributed by atoms with E-state index in [0.29, 0.717) is 47.6 Å². The van der Waals surface area contributed by atoms with Crippen molar-refractivity contribution in [1.82, 2.24) is 19.4 Å². The van der Waals surface area contributed by atoms with Crippen molar-refractivity contribution in [3.63, 3.8) is 0 Å². The van der Waals surface area contributed by atoms with E-state index in [1.54, 1.807) is 12.1 Å². The number of hydrogen-bond donors (Lipinski definition) is 3. The standard InChI is InChI=1S/C28H29FN6O3S/c1-3-24(26(36)31-23-13-20(11-6-17(23)2)30-21-14-34(15-21)28(37)38)35-12-4-5-22-25(35)33-27(32-22)39-16-18-7-9-19(29)10-8-18/h4-13,21,24,30H,3,14-16H2,1-2H3,(H,31,36)(H,37,38). The molecule has 3 aliphatic heterocycles. The molecular formula is C28H29FN6O3S. The largest absolute Gasteiger partial charge is 0.465 e. The van der Waals surface area contributed by atoms with E-state index < -0.39 is 12.1 Å². The normalized spacial score (nSPS) is 14.2. The number of nitrogens with one attached hydrogen (secondary N) is 2. The number of aromatic nitrogens is 3. The number of pyridine rings is 1. The Kier molecular flexibility index (Phi) is 7.69. The highest BCUT2D eigenvalue weighted by atomic mass is 32.2. The number of carboxylic acid groups (broad SMARTS) is 1. The summed E-state index contributed by atoms with van der Waals surface area (Å²) in [6, 6.07) is 15.3. The number of benzene rings is 2. The van der Waals surface area contributed by atoms with Gasteiger partial charge in [0.2, 0.25) is 5.91 Å². The number of fused-ring (bicyclic) bond motifs is 1. The smallest absolute Gasteiger partial charge is 0.407 e. The lowest BCUT2D eigenvalue weighted by atomic mass is 10.1. The van der Waals surface area contributed by atoms with Crippen LogP contribution in [-0.2, 0) is 10.5 Å². The summed E-state index contributed by atoms with van der Waals surface area (Å²) in [6.45, 7) is 4.73. The number of likely N-dealkylation sites (tertiary alicyclic amines) is 1. The predicted octanol–water partition coefficient (Wildman–Crippen LogP) is 5.49. The fourth-order valence-corrected chi connectivity index (χ4v) is 5.30. The average Bonchev–Trinajstić information content (AvgIpc) is 3.31. The molecule has 0 aliphatic carbocycles. The highest BCUT2D eigenvalue weighted by Crippen LogP contribution is 2.30. The van der Waals surface area contributed by atoms with Gasteiger partial charge in [0.05, 0.1) is 6.04 Å². The summed E-state index contributed by atoms with van der Waals surface area (Å²) >= 11 is 1.46. The molecule has 3 aliphatic rings. The van der Waals surface area contributed by atoms with Gasteiger partial charge in [0.25, 0.3) is 0 Å². The molecule has 1 fully saturated rings. The third-order valence-corrected chi connectivity index (χ3v) is 7.64. The number of nitrogens with zero attached hydrogens (tertiary/aromatic N) is 4. The van der Waals surface area contributed by atoms with Gasteiger partial charge in [-0.3, -0.25) is 4.79 Å². The summed E-state index contributed by atoms with van der Waals surface area (Å²) in [5.41, 5.74) is 4.09. The number of imidazole rings is 1. The first-order valence-electron chi connectivity index (χ1n) is 12.7. The molecular weight excluding hydrogens is 519 g/mol. The van der Waals surface area contributed by atoms with Gasteiger partial charge < -0.3 is 25.2 Å². The van der Waals surface area contributed by atoms with Gasteiger partial charge in [-0.05, 0) is 60.9 Å². The van der Waals surface area contributed by atoms with Crippen molar-refractivity contribution in [2.45, 2.75) is 43.3 Å². The van der Waals surface area contributed by atoms with E-state index >= 15 is 0 Å². The van der Waals surface area contributed by atoms with Crippen LogP contribution in [0.5, 0.6) is 0 Å². The second kappa shape index (κ2) is 11.3. The Balaban J connectivity index is 1.29. The number of rotatable bonds is 9. The van der Waals surface area contributed by atoms with Crippen molar-refractivity contribution in [3.05, 3.63) is 77.7 Å². The minimum Gasteiger partial charge on any atom is -0.465 e. The van der Waals surface area contributed by atoms with Gasteiger partial charge in [-0.2, -0.15) is 0 Å². The summed E-state index contributed by atoms with van der Waals surface area (Å²) < 4.78 is 15.1. The molecule has 9 nitrogen and oxygen atoms in total. The number of carbonyl (C=O) groups is 2. The molecule has 0 aromatic heterocycles. The van der Waals surface area contributed by atoms with Gasteiger partial charge in [0, 0.05) is 36.4 Å². The molecule has 1 atom stereocenters. The first-order valence-corrected chi connectivity index (χ1v) is 13.7. The molecule has 1 saturated heterocycles. The molecule has 0 bridgehead atoms. The van der Waals surface area contributed by atoms with Crippen LogP contribution < -0.4 is 10.6 Å². The van der Waals surface area contributed by atoms with Gasteiger partial charge in [0.15, 0.2) is 11.0 Å². The fraction of sp³-hybridized carbons (Fsp3) is 0.286. The molecule has 11 heteroatoms. The van der Waals surface area contributed by atoms with Crippen LogP contribution in [0.15, 0.2) is 66.0 Å². The molecule has 2 amide bonds. The molecule has 0 radical (unpaired) electrons. The Morgan fingerprint density at radius 3 is 2.64 bits per heavy atom. The lowest BCUT2D eigenvalue weighted by molar-refractivity contribution is -0.119. The van der Waals surface area contributed by atoms with E-state index in [-0.39, 0.29) is 17.8 Å². The molecule has 39 heavy (non-hydrogen) atoms. The molecule has 202 valence electrons. The van der Waals surface area contributed by atoms with E-state index in [2.05, 4.69) is 15.6 Å². The zero-order valence-corrected chi connectivity index (χ0v) is 22.4. The Bertz CT molecular complexity index is 1450. The van der Waals surface area contributed by atoms with Crippen LogP contribution >= 0.6 is 11.8 Å². The Hall–Kier alpha value is -4.12. The second-order valence-corrected chi connectivity index (χ2v) is 10.5. The van der Waals surface area contributed by atoms with E-state index in [4.69, 9.17) is 10.1 Å². The first-order chi connectivity index (χ1) is 18.8. The maximum absolute atomic E-state index is 13.5. The van der Waals surface area contributed by atoms with Gasteiger partial charge in [-0.15, -0.1) is 0 Å². The van der Waals surface area contributed by atoms with Crippen molar-refractivity contribution in [3.8, 4) is 11.5 Å². The van der Waals surface area contributed by atoms with Gasteiger partial charge in [0.1, 0.15) is 17.6 Å².